The fourth-order valence-electron chi connectivity index (χ4n) is 1.91. The molecule has 2 nitrogen and oxygen atoms in total. The van der Waals surface area contributed by atoms with Crippen LogP contribution < -0.4 is 10.1 Å². The van der Waals surface area contributed by atoms with E-state index in [2.05, 4.69) is 17.0 Å². The summed E-state index contributed by atoms with van der Waals surface area (Å²) in [5, 5.41) is 3.94. The summed E-state index contributed by atoms with van der Waals surface area (Å²) >= 11 is 1.90. The van der Waals surface area contributed by atoms with E-state index in [0.717, 1.165) is 17.9 Å². The Balaban J connectivity index is 1.91. The predicted molar refractivity (Wildman–Crippen MR) is 67.1 cm³/mol. The molecule has 2 rings (SSSR count). The molecule has 1 aromatic carbocycles. The molecule has 0 aliphatic carbocycles. The van der Waals surface area contributed by atoms with Crippen LogP contribution in [0.15, 0.2) is 24.3 Å². The van der Waals surface area contributed by atoms with Gasteiger partial charge in [0.15, 0.2) is 0 Å². The second kappa shape index (κ2) is 5.30. The average Bonchev–Trinajstić information content (AvgIpc) is 2.65. The van der Waals surface area contributed by atoms with Crippen molar-refractivity contribution in [3.63, 3.8) is 0 Å². The fourth-order valence-corrected chi connectivity index (χ4v) is 3.05. The molecule has 1 aromatic rings. The molecule has 1 heterocycles. The van der Waals surface area contributed by atoms with Gasteiger partial charge in [0.05, 0.1) is 0 Å². The van der Waals surface area contributed by atoms with Gasteiger partial charge in [-0.15, -0.1) is 13.2 Å². The third-order valence-corrected chi connectivity index (χ3v) is 4.01. The zero-order chi connectivity index (χ0) is 13.2. The van der Waals surface area contributed by atoms with Crippen molar-refractivity contribution in [1.82, 2.24) is 0 Å². The van der Waals surface area contributed by atoms with Crippen LogP contribution in [-0.4, -0.2) is 23.4 Å². The van der Waals surface area contributed by atoms with Crippen molar-refractivity contribution in [1.29, 1.82) is 0 Å². The van der Waals surface area contributed by atoms with Crippen molar-refractivity contribution >= 4 is 17.4 Å². The molecule has 100 valence electrons. The van der Waals surface area contributed by atoms with Gasteiger partial charge < -0.3 is 10.1 Å². The topological polar surface area (TPSA) is 21.3 Å². The number of benzene rings is 1. The van der Waals surface area contributed by atoms with E-state index in [1.54, 1.807) is 12.1 Å². The number of alkyl halides is 3. The molecule has 1 aliphatic rings. The summed E-state index contributed by atoms with van der Waals surface area (Å²) in [6, 6.07) is 6.24. The maximum Gasteiger partial charge on any atom is 0.573 e. The summed E-state index contributed by atoms with van der Waals surface area (Å²) < 4.78 is 39.7. The molecule has 0 aromatic heterocycles. The van der Waals surface area contributed by atoms with Gasteiger partial charge in [-0.3, -0.25) is 0 Å². The molecule has 18 heavy (non-hydrogen) atoms. The molecular weight excluding hydrogens is 263 g/mol. The molecule has 6 heteroatoms. The first-order valence-corrected chi connectivity index (χ1v) is 6.71. The van der Waals surface area contributed by atoms with Crippen LogP contribution in [-0.2, 0) is 0 Å². The van der Waals surface area contributed by atoms with Crippen LogP contribution in [0.1, 0.15) is 13.3 Å². The maximum absolute atomic E-state index is 12.0. The Morgan fingerprint density at radius 2 is 1.94 bits per heavy atom. The normalized spacial score (nSPS) is 24.0. The molecule has 1 aliphatic heterocycles. The van der Waals surface area contributed by atoms with Crippen molar-refractivity contribution in [2.45, 2.75) is 31.0 Å². The van der Waals surface area contributed by atoms with Crippen LogP contribution in [0.2, 0.25) is 0 Å². The van der Waals surface area contributed by atoms with Crippen molar-refractivity contribution in [3.05, 3.63) is 24.3 Å². The summed E-state index contributed by atoms with van der Waals surface area (Å²) in [6.07, 6.45) is -3.56. The van der Waals surface area contributed by atoms with E-state index in [9.17, 15) is 13.2 Å². The lowest BCUT2D eigenvalue weighted by atomic mass is 10.2. The highest BCUT2D eigenvalue weighted by atomic mass is 32.2. The summed E-state index contributed by atoms with van der Waals surface area (Å²) in [6.45, 7) is 2.17. The average molecular weight is 277 g/mol. The Bertz CT molecular complexity index is 393. The highest BCUT2D eigenvalue weighted by Crippen LogP contribution is 2.29. The van der Waals surface area contributed by atoms with Crippen LogP contribution in [0, 0.1) is 0 Å². The van der Waals surface area contributed by atoms with Gasteiger partial charge in [0.2, 0.25) is 0 Å². The molecule has 0 bridgehead atoms. The standard InChI is InChI=1S/C12H14F3NOS/c1-8-6-10(7-18-8)16-9-2-4-11(5-3-9)17-12(13,14)15/h2-5,8,10,16H,6-7H2,1H3. The highest BCUT2D eigenvalue weighted by molar-refractivity contribution is 8.00. The summed E-state index contributed by atoms with van der Waals surface area (Å²) in [7, 11) is 0. The highest BCUT2D eigenvalue weighted by Gasteiger charge is 2.31. The number of ether oxygens (including phenoxy) is 1. The minimum Gasteiger partial charge on any atom is -0.406 e. The Hall–Kier alpha value is -1.04. The number of nitrogens with one attached hydrogen (secondary N) is 1. The smallest absolute Gasteiger partial charge is 0.406 e. The second-order valence-electron chi connectivity index (χ2n) is 4.29. The molecule has 0 saturated carbocycles. The van der Waals surface area contributed by atoms with Gasteiger partial charge in [-0.25, -0.2) is 0 Å². The number of rotatable bonds is 3. The monoisotopic (exact) mass is 277 g/mol. The molecule has 0 amide bonds. The third kappa shape index (κ3) is 4.01. The van der Waals surface area contributed by atoms with Crippen LogP contribution >= 0.6 is 11.8 Å². The molecule has 0 radical (unpaired) electrons. The van der Waals surface area contributed by atoms with Crippen LogP contribution in [0.4, 0.5) is 18.9 Å². The lowest BCUT2D eigenvalue weighted by molar-refractivity contribution is -0.274. The van der Waals surface area contributed by atoms with E-state index in [1.165, 1.54) is 12.1 Å². The Morgan fingerprint density at radius 1 is 1.28 bits per heavy atom. The first-order chi connectivity index (χ1) is 8.42. The second-order valence-corrected chi connectivity index (χ2v) is 5.76. The van der Waals surface area contributed by atoms with Gasteiger partial charge in [-0.1, -0.05) is 6.92 Å². The Labute approximate surface area is 108 Å². The molecule has 1 fully saturated rings. The quantitative estimate of drug-likeness (QED) is 0.905. The largest absolute Gasteiger partial charge is 0.573 e. The molecule has 2 atom stereocenters. The van der Waals surface area contributed by atoms with E-state index in [-0.39, 0.29) is 5.75 Å². The third-order valence-electron chi connectivity index (χ3n) is 2.66. The summed E-state index contributed by atoms with van der Waals surface area (Å²) in [4.78, 5) is 0. The van der Waals surface area contributed by atoms with Crippen molar-refractivity contribution in [3.8, 4) is 5.75 Å². The van der Waals surface area contributed by atoms with E-state index >= 15 is 0 Å². The van der Waals surface area contributed by atoms with Gasteiger partial charge in [0.25, 0.3) is 0 Å². The number of halogens is 3. The van der Waals surface area contributed by atoms with E-state index in [1.807, 2.05) is 11.8 Å². The first-order valence-electron chi connectivity index (χ1n) is 5.66. The minimum atomic E-state index is -4.63. The van der Waals surface area contributed by atoms with Crippen LogP contribution in [0.5, 0.6) is 5.75 Å². The Kier molecular flexibility index (Phi) is 3.94. The Morgan fingerprint density at radius 3 is 2.44 bits per heavy atom. The molecule has 1 saturated heterocycles. The number of anilines is 1. The van der Waals surface area contributed by atoms with Gasteiger partial charge in [-0.2, -0.15) is 11.8 Å². The zero-order valence-corrected chi connectivity index (χ0v) is 10.6. The molecular formula is C12H14F3NOS. The maximum atomic E-state index is 12.0. The molecule has 1 N–H and O–H groups in total. The fraction of sp³-hybridized carbons (Fsp3) is 0.500. The minimum absolute atomic E-state index is 0.192. The zero-order valence-electron chi connectivity index (χ0n) is 9.83. The van der Waals surface area contributed by atoms with E-state index in [0.29, 0.717) is 11.3 Å². The SMILES string of the molecule is CC1CC(Nc2ccc(OC(F)(F)F)cc2)CS1. The molecule has 2 unspecified atom stereocenters. The number of hydrogen-bond acceptors (Lipinski definition) is 3. The lowest BCUT2D eigenvalue weighted by Crippen LogP contribution is -2.19. The van der Waals surface area contributed by atoms with E-state index < -0.39 is 6.36 Å². The lowest BCUT2D eigenvalue weighted by Gasteiger charge is -2.14. The van der Waals surface area contributed by atoms with Crippen molar-refractivity contribution < 1.29 is 17.9 Å². The van der Waals surface area contributed by atoms with Crippen molar-refractivity contribution in [2.24, 2.45) is 0 Å². The predicted octanol–water partition coefficient (Wildman–Crippen LogP) is 3.89. The first kappa shape index (κ1) is 13.4. The molecule has 0 spiro atoms. The van der Waals surface area contributed by atoms with Crippen LogP contribution in [0.3, 0.4) is 0 Å². The number of hydrogen-bond donors (Lipinski definition) is 1. The van der Waals surface area contributed by atoms with Gasteiger partial charge in [0, 0.05) is 22.7 Å². The van der Waals surface area contributed by atoms with E-state index in [4.69, 9.17) is 0 Å². The van der Waals surface area contributed by atoms with Gasteiger partial charge >= 0.3 is 6.36 Å². The van der Waals surface area contributed by atoms with Gasteiger partial charge in [0.1, 0.15) is 5.75 Å². The summed E-state index contributed by atoms with van der Waals surface area (Å²) in [5.41, 5.74) is 0.823. The summed E-state index contributed by atoms with van der Waals surface area (Å²) in [5.74, 6) is 0.837. The number of thioether (sulfide) groups is 1. The van der Waals surface area contributed by atoms with Crippen molar-refractivity contribution in [2.75, 3.05) is 11.1 Å². The van der Waals surface area contributed by atoms with Gasteiger partial charge in [-0.05, 0) is 30.7 Å². The van der Waals surface area contributed by atoms with Crippen LogP contribution in [0.25, 0.3) is 0 Å².